The molecule has 3 heterocycles. The molecule has 5 heteroatoms. The van der Waals surface area contributed by atoms with Crippen LogP contribution in [0.5, 0.6) is 0 Å². The minimum absolute atomic E-state index is 0.566. The van der Waals surface area contributed by atoms with E-state index in [0.29, 0.717) is 6.04 Å². The third kappa shape index (κ3) is 2.63. The van der Waals surface area contributed by atoms with Crippen LogP contribution in [-0.4, -0.2) is 40.3 Å². The first kappa shape index (κ1) is 13.4. The maximum atomic E-state index is 4.66. The van der Waals surface area contributed by atoms with Crippen molar-refractivity contribution >= 4 is 11.6 Å². The number of nitrogens with zero attached hydrogens (tertiary/aromatic N) is 4. The molecule has 0 bridgehead atoms. The topological polar surface area (TPSA) is 45.5 Å². The average molecular weight is 273 g/mol. The first-order valence-corrected chi connectivity index (χ1v) is 7.58. The van der Waals surface area contributed by atoms with E-state index < -0.39 is 0 Å². The minimum atomic E-state index is 0.566. The van der Waals surface area contributed by atoms with Crippen LogP contribution in [0.25, 0.3) is 5.65 Å². The summed E-state index contributed by atoms with van der Waals surface area (Å²) in [6, 6.07) is 6.67. The quantitative estimate of drug-likeness (QED) is 0.925. The zero-order valence-corrected chi connectivity index (χ0v) is 12.3. The predicted octanol–water partition coefficient (Wildman–Crippen LogP) is 2.01. The summed E-state index contributed by atoms with van der Waals surface area (Å²) in [5.74, 6) is 0.842. The molecule has 1 unspecified atom stereocenters. The normalized spacial score (nSPS) is 19.4. The number of rotatable bonds is 4. The predicted molar refractivity (Wildman–Crippen MR) is 81.3 cm³/mol. The van der Waals surface area contributed by atoms with E-state index in [1.807, 2.05) is 16.6 Å². The lowest BCUT2D eigenvalue weighted by molar-refractivity contribution is 0.399. The average Bonchev–Trinajstić information content (AvgIpc) is 2.91. The second kappa shape index (κ2) is 5.79. The third-order valence-electron chi connectivity index (χ3n) is 4.06. The van der Waals surface area contributed by atoms with Crippen LogP contribution in [0.15, 0.2) is 18.2 Å². The molecule has 1 fully saturated rings. The Morgan fingerprint density at radius 3 is 3.00 bits per heavy atom. The fraction of sp³-hybridized carbons (Fsp3) is 0.600. The fourth-order valence-corrected chi connectivity index (χ4v) is 2.86. The highest BCUT2D eigenvalue weighted by Crippen LogP contribution is 2.15. The van der Waals surface area contributed by atoms with Crippen molar-refractivity contribution in [1.82, 2.24) is 19.9 Å². The number of nitrogens with one attached hydrogen (secondary N) is 1. The van der Waals surface area contributed by atoms with Gasteiger partial charge in [-0.1, -0.05) is 12.5 Å². The van der Waals surface area contributed by atoms with Crippen molar-refractivity contribution in [3.63, 3.8) is 0 Å². The van der Waals surface area contributed by atoms with E-state index in [1.165, 1.54) is 19.3 Å². The third-order valence-corrected chi connectivity index (χ3v) is 4.06. The molecular weight excluding hydrogens is 250 g/mol. The lowest BCUT2D eigenvalue weighted by Gasteiger charge is -2.29. The van der Waals surface area contributed by atoms with Gasteiger partial charge in [0.25, 0.3) is 0 Å². The molecule has 108 valence electrons. The molecule has 0 aliphatic carbocycles. The molecule has 0 aromatic carbocycles. The van der Waals surface area contributed by atoms with Crippen molar-refractivity contribution in [2.75, 3.05) is 24.5 Å². The highest BCUT2D eigenvalue weighted by molar-refractivity contribution is 5.45. The van der Waals surface area contributed by atoms with E-state index in [1.54, 1.807) is 0 Å². The van der Waals surface area contributed by atoms with Crippen LogP contribution in [0.1, 0.15) is 31.9 Å². The molecule has 0 amide bonds. The Hall–Kier alpha value is -1.62. The van der Waals surface area contributed by atoms with E-state index in [4.69, 9.17) is 0 Å². The summed E-state index contributed by atoms with van der Waals surface area (Å²) in [6.45, 7) is 7.30. The molecule has 2 aromatic heterocycles. The molecule has 1 aliphatic heterocycles. The fourth-order valence-electron chi connectivity index (χ4n) is 2.86. The van der Waals surface area contributed by atoms with Gasteiger partial charge >= 0.3 is 0 Å². The van der Waals surface area contributed by atoms with Gasteiger partial charge in [-0.15, -0.1) is 5.10 Å². The molecule has 1 saturated heterocycles. The lowest BCUT2D eigenvalue weighted by atomic mass is 10.0. The summed E-state index contributed by atoms with van der Waals surface area (Å²) in [4.78, 5) is 6.93. The zero-order valence-electron chi connectivity index (χ0n) is 12.3. The second-order valence-electron chi connectivity index (χ2n) is 5.53. The van der Waals surface area contributed by atoms with Gasteiger partial charge in [-0.05, 0) is 45.4 Å². The molecule has 0 radical (unpaired) electrons. The molecule has 0 saturated carbocycles. The van der Waals surface area contributed by atoms with Crippen molar-refractivity contribution in [1.29, 1.82) is 0 Å². The molecule has 1 aliphatic rings. The Labute approximate surface area is 120 Å². The Morgan fingerprint density at radius 1 is 1.40 bits per heavy atom. The maximum Gasteiger partial charge on any atom is 0.245 e. The monoisotopic (exact) mass is 273 g/mol. The first-order valence-electron chi connectivity index (χ1n) is 7.58. The largest absolute Gasteiger partial charge is 0.338 e. The molecule has 1 atom stereocenters. The summed E-state index contributed by atoms with van der Waals surface area (Å²) in [5.41, 5.74) is 2.04. The van der Waals surface area contributed by atoms with Gasteiger partial charge in [-0.2, -0.15) is 4.98 Å². The Bertz CT molecular complexity index is 571. The van der Waals surface area contributed by atoms with Gasteiger partial charge in [0.05, 0.1) is 0 Å². The maximum absolute atomic E-state index is 4.66. The van der Waals surface area contributed by atoms with Gasteiger partial charge in [0.2, 0.25) is 5.95 Å². The number of hydrogen-bond acceptors (Lipinski definition) is 4. The highest BCUT2D eigenvalue weighted by Gasteiger charge is 2.18. The number of aromatic nitrogens is 3. The minimum Gasteiger partial charge on any atom is -0.338 e. The number of fused-ring (bicyclic) bond motifs is 1. The van der Waals surface area contributed by atoms with Crippen molar-refractivity contribution in [2.45, 2.75) is 39.2 Å². The van der Waals surface area contributed by atoms with Gasteiger partial charge in [-0.25, -0.2) is 4.52 Å². The van der Waals surface area contributed by atoms with E-state index in [-0.39, 0.29) is 0 Å². The molecule has 20 heavy (non-hydrogen) atoms. The van der Waals surface area contributed by atoms with Gasteiger partial charge in [0.15, 0.2) is 5.65 Å². The van der Waals surface area contributed by atoms with Crippen molar-refractivity contribution < 1.29 is 0 Å². The Morgan fingerprint density at radius 2 is 2.30 bits per heavy atom. The van der Waals surface area contributed by atoms with E-state index >= 15 is 0 Å². The standard InChI is InChI=1S/C15H23N5/c1-3-19(11-13-8-4-5-10-16-13)15-17-14-9-6-7-12(2)20(14)18-15/h6-7,9,13,16H,3-5,8,10-11H2,1-2H3. The van der Waals surface area contributed by atoms with E-state index in [0.717, 1.165) is 36.9 Å². The number of likely N-dealkylation sites (N-methyl/N-ethyl adjacent to an activating group) is 1. The number of aryl methyl sites for hydroxylation is 1. The van der Waals surface area contributed by atoms with Crippen molar-refractivity contribution in [3.8, 4) is 0 Å². The second-order valence-corrected chi connectivity index (χ2v) is 5.53. The molecule has 1 N–H and O–H groups in total. The van der Waals surface area contributed by atoms with Crippen LogP contribution >= 0.6 is 0 Å². The van der Waals surface area contributed by atoms with Gasteiger partial charge in [0, 0.05) is 24.8 Å². The molecular formula is C15H23N5. The number of anilines is 1. The number of piperidine rings is 1. The Kier molecular flexibility index (Phi) is 3.87. The van der Waals surface area contributed by atoms with E-state index in [2.05, 4.69) is 40.2 Å². The highest BCUT2D eigenvalue weighted by atomic mass is 15.4. The summed E-state index contributed by atoms with van der Waals surface area (Å²) < 4.78 is 1.92. The van der Waals surface area contributed by atoms with Crippen LogP contribution in [0.2, 0.25) is 0 Å². The summed E-state index contributed by atoms with van der Waals surface area (Å²) >= 11 is 0. The Balaban J connectivity index is 1.81. The van der Waals surface area contributed by atoms with Gasteiger partial charge in [0.1, 0.15) is 0 Å². The number of pyridine rings is 1. The van der Waals surface area contributed by atoms with Crippen LogP contribution in [0, 0.1) is 6.92 Å². The van der Waals surface area contributed by atoms with Crippen LogP contribution < -0.4 is 10.2 Å². The first-order chi connectivity index (χ1) is 9.78. The van der Waals surface area contributed by atoms with Gasteiger partial charge < -0.3 is 10.2 Å². The van der Waals surface area contributed by atoms with Crippen LogP contribution in [0.3, 0.4) is 0 Å². The molecule has 2 aromatic rings. The summed E-state index contributed by atoms with van der Waals surface area (Å²) in [5, 5.41) is 8.25. The zero-order chi connectivity index (χ0) is 13.9. The van der Waals surface area contributed by atoms with Crippen LogP contribution in [0.4, 0.5) is 5.95 Å². The molecule has 3 rings (SSSR count). The number of hydrogen-bond donors (Lipinski definition) is 1. The lowest BCUT2D eigenvalue weighted by Crippen LogP contribution is -2.44. The van der Waals surface area contributed by atoms with Crippen LogP contribution in [-0.2, 0) is 0 Å². The van der Waals surface area contributed by atoms with Crippen molar-refractivity contribution in [3.05, 3.63) is 23.9 Å². The van der Waals surface area contributed by atoms with Gasteiger partial charge in [-0.3, -0.25) is 0 Å². The smallest absolute Gasteiger partial charge is 0.245 e. The van der Waals surface area contributed by atoms with E-state index in [9.17, 15) is 0 Å². The summed E-state index contributed by atoms with van der Waals surface area (Å²) in [6.07, 6.45) is 3.88. The molecule has 5 nitrogen and oxygen atoms in total. The SMILES string of the molecule is CCN(CC1CCCCN1)c1nc2cccc(C)n2n1. The van der Waals surface area contributed by atoms with Crippen molar-refractivity contribution in [2.24, 2.45) is 0 Å². The molecule has 0 spiro atoms. The summed E-state index contributed by atoms with van der Waals surface area (Å²) in [7, 11) is 0.